The first-order chi connectivity index (χ1) is 10.2. The molecular weight excluding hydrogens is 286 g/mol. The molecule has 4 atom stereocenters. The number of aryl methyl sites for hydroxylation is 1. The molecule has 1 heterocycles. The Morgan fingerprint density at radius 2 is 2.29 bits per heavy atom. The van der Waals surface area contributed by atoms with Gasteiger partial charge in [0.2, 0.25) is 0 Å². The van der Waals surface area contributed by atoms with E-state index in [-0.39, 0.29) is 17.4 Å². The smallest absolute Gasteiger partial charge is 0.119 e. The molecule has 0 saturated carbocycles. The second kappa shape index (κ2) is 6.46. The normalized spacial score (nSPS) is 29.9. The Kier molecular flexibility index (Phi) is 4.62. The number of rotatable bonds is 4. The van der Waals surface area contributed by atoms with Crippen molar-refractivity contribution in [3.05, 3.63) is 29.3 Å². The molecule has 2 aliphatic rings. The molecule has 1 aliphatic carbocycles. The van der Waals surface area contributed by atoms with Crippen LogP contribution in [-0.4, -0.2) is 35.0 Å². The molecule has 2 N–H and O–H groups in total. The van der Waals surface area contributed by atoms with E-state index in [0.717, 1.165) is 43.6 Å². The van der Waals surface area contributed by atoms with Crippen LogP contribution in [0.25, 0.3) is 0 Å². The molecule has 1 aromatic rings. The molecule has 0 aromatic heterocycles. The third kappa shape index (κ3) is 3.15. The van der Waals surface area contributed by atoms with Gasteiger partial charge in [-0.3, -0.25) is 4.21 Å². The number of methoxy groups -OCH3 is 1. The molecule has 3 rings (SSSR count). The van der Waals surface area contributed by atoms with Crippen molar-refractivity contribution in [1.82, 2.24) is 0 Å². The summed E-state index contributed by atoms with van der Waals surface area (Å²) in [5, 5.41) is 0.0220. The van der Waals surface area contributed by atoms with Crippen LogP contribution < -0.4 is 10.5 Å². The van der Waals surface area contributed by atoms with E-state index in [2.05, 4.69) is 6.07 Å². The van der Waals surface area contributed by atoms with Gasteiger partial charge in [0, 0.05) is 23.4 Å². The second-order valence-electron chi connectivity index (χ2n) is 5.85. The monoisotopic (exact) mass is 309 g/mol. The van der Waals surface area contributed by atoms with Crippen molar-refractivity contribution in [2.45, 2.75) is 43.1 Å². The van der Waals surface area contributed by atoms with Crippen molar-refractivity contribution < 1.29 is 13.7 Å². The Labute approximate surface area is 128 Å². The first kappa shape index (κ1) is 15.0. The van der Waals surface area contributed by atoms with E-state index >= 15 is 0 Å². The molecule has 5 heteroatoms. The van der Waals surface area contributed by atoms with Gasteiger partial charge in [-0.1, -0.05) is 6.07 Å². The van der Waals surface area contributed by atoms with Gasteiger partial charge in [0.1, 0.15) is 5.75 Å². The van der Waals surface area contributed by atoms with Crippen LogP contribution in [-0.2, 0) is 22.0 Å². The van der Waals surface area contributed by atoms with E-state index in [1.807, 2.05) is 12.1 Å². The highest BCUT2D eigenvalue weighted by Gasteiger charge is 2.33. The number of ether oxygens (including phenoxy) is 2. The van der Waals surface area contributed by atoms with Gasteiger partial charge in [-0.25, -0.2) is 0 Å². The number of hydrogen-bond acceptors (Lipinski definition) is 4. The number of benzene rings is 1. The Bertz CT molecular complexity index is 528. The van der Waals surface area contributed by atoms with Crippen LogP contribution in [0.1, 0.15) is 36.4 Å². The van der Waals surface area contributed by atoms with Crippen LogP contribution in [0.4, 0.5) is 0 Å². The van der Waals surface area contributed by atoms with Crippen molar-refractivity contribution in [3.8, 4) is 5.75 Å². The third-order valence-corrected chi connectivity index (χ3v) is 6.43. The Morgan fingerprint density at radius 1 is 1.43 bits per heavy atom. The van der Waals surface area contributed by atoms with E-state index in [1.54, 1.807) is 7.11 Å². The molecule has 1 aliphatic heterocycles. The van der Waals surface area contributed by atoms with Gasteiger partial charge in [-0.2, -0.15) is 0 Å². The van der Waals surface area contributed by atoms with Crippen molar-refractivity contribution in [3.63, 3.8) is 0 Å². The zero-order valence-corrected chi connectivity index (χ0v) is 13.2. The SMILES string of the molecule is COc1ccc2c(c1)C(N)C(S(=O)CC1CCCO1)CC2. The van der Waals surface area contributed by atoms with E-state index in [4.69, 9.17) is 15.2 Å². The summed E-state index contributed by atoms with van der Waals surface area (Å²) in [4.78, 5) is 0. The minimum atomic E-state index is -0.933. The van der Waals surface area contributed by atoms with E-state index < -0.39 is 10.8 Å². The fourth-order valence-electron chi connectivity index (χ4n) is 3.29. The molecule has 4 nitrogen and oxygen atoms in total. The summed E-state index contributed by atoms with van der Waals surface area (Å²) in [7, 11) is 0.723. The van der Waals surface area contributed by atoms with Crippen LogP contribution in [0.5, 0.6) is 5.75 Å². The maximum Gasteiger partial charge on any atom is 0.119 e. The van der Waals surface area contributed by atoms with E-state index in [9.17, 15) is 4.21 Å². The zero-order chi connectivity index (χ0) is 14.8. The molecule has 116 valence electrons. The summed E-state index contributed by atoms with van der Waals surface area (Å²) in [5.74, 6) is 1.44. The van der Waals surface area contributed by atoms with Gasteiger partial charge in [-0.15, -0.1) is 0 Å². The summed E-state index contributed by atoms with van der Waals surface area (Å²) in [6, 6.07) is 5.86. The minimum Gasteiger partial charge on any atom is -0.497 e. The Hall–Kier alpha value is -0.910. The lowest BCUT2D eigenvalue weighted by Crippen LogP contribution is -2.37. The molecule has 21 heavy (non-hydrogen) atoms. The lowest BCUT2D eigenvalue weighted by atomic mass is 9.87. The first-order valence-corrected chi connectivity index (χ1v) is 8.98. The van der Waals surface area contributed by atoms with Crippen LogP contribution >= 0.6 is 0 Å². The quantitative estimate of drug-likeness (QED) is 0.923. The maximum atomic E-state index is 12.6. The molecule has 1 aromatic carbocycles. The summed E-state index contributed by atoms with van der Waals surface area (Å²) in [6.07, 6.45) is 4.09. The summed E-state index contributed by atoms with van der Waals surface area (Å²) in [6.45, 7) is 0.804. The lowest BCUT2D eigenvalue weighted by Gasteiger charge is -2.31. The average molecular weight is 309 g/mol. The molecular formula is C16H23NO3S. The van der Waals surface area contributed by atoms with Gasteiger partial charge in [0.25, 0.3) is 0 Å². The topological polar surface area (TPSA) is 61.5 Å². The van der Waals surface area contributed by atoms with Crippen LogP contribution in [0.15, 0.2) is 18.2 Å². The highest BCUT2D eigenvalue weighted by molar-refractivity contribution is 7.85. The van der Waals surface area contributed by atoms with Crippen molar-refractivity contribution >= 4 is 10.8 Å². The molecule has 0 bridgehead atoms. The fourth-order valence-corrected chi connectivity index (χ4v) is 5.02. The summed E-state index contributed by atoms with van der Waals surface area (Å²) < 4.78 is 23.5. The number of nitrogens with two attached hydrogens (primary N) is 1. The highest BCUT2D eigenvalue weighted by Crippen LogP contribution is 2.34. The van der Waals surface area contributed by atoms with Gasteiger partial charge in [0.15, 0.2) is 0 Å². The molecule has 1 saturated heterocycles. The van der Waals surface area contributed by atoms with Crippen LogP contribution in [0.2, 0.25) is 0 Å². The van der Waals surface area contributed by atoms with E-state index in [1.165, 1.54) is 5.56 Å². The Balaban J connectivity index is 1.74. The molecule has 0 amide bonds. The first-order valence-electron chi connectivity index (χ1n) is 7.60. The van der Waals surface area contributed by atoms with Crippen LogP contribution in [0.3, 0.4) is 0 Å². The van der Waals surface area contributed by atoms with Crippen molar-refractivity contribution in [1.29, 1.82) is 0 Å². The molecule has 0 spiro atoms. The van der Waals surface area contributed by atoms with Gasteiger partial charge in [-0.05, 0) is 48.9 Å². The lowest BCUT2D eigenvalue weighted by molar-refractivity contribution is 0.128. The van der Waals surface area contributed by atoms with Gasteiger partial charge < -0.3 is 15.2 Å². The zero-order valence-electron chi connectivity index (χ0n) is 12.4. The summed E-state index contributed by atoms with van der Waals surface area (Å²) in [5.41, 5.74) is 8.75. The molecule has 0 radical (unpaired) electrons. The predicted molar refractivity (Wildman–Crippen MR) is 84.0 cm³/mol. The largest absolute Gasteiger partial charge is 0.497 e. The molecule has 1 fully saturated rings. The van der Waals surface area contributed by atoms with Crippen molar-refractivity contribution in [2.24, 2.45) is 5.73 Å². The van der Waals surface area contributed by atoms with E-state index in [0.29, 0.717) is 5.75 Å². The minimum absolute atomic E-state index is 0.0220. The predicted octanol–water partition coefficient (Wildman–Crippen LogP) is 1.94. The second-order valence-corrected chi connectivity index (χ2v) is 7.55. The molecule has 4 unspecified atom stereocenters. The van der Waals surface area contributed by atoms with Gasteiger partial charge in [0.05, 0.1) is 24.2 Å². The summed E-state index contributed by atoms with van der Waals surface area (Å²) >= 11 is 0. The third-order valence-electron chi connectivity index (χ3n) is 4.52. The maximum absolute atomic E-state index is 12.6. The van der Waals surface area contributed by atoms with Gasteiger partial charge >= 0.3 is 0 Å². The number of fused-ring (bicyclic) bond motifs is 1. The Morgan fingerprint density at radius 3 is 3.00 bits per heavy atom. The highest BCUT2D eigenvalue weighted by atomic mass is 32.2. The average Bonchev–Trinajstić information content (AvgIpc) is 3.00. The van der Waals surface area contributed by atoms with Crippen LogP contribution in [0, 0.1) is 0 Å². The fraction of sp³-hybridized carbons (Fsp3) is 0.625. The number of hydrogen-bond donors (Lipinski definition) is 1. The standard InChI is InChI=1S/C16H23NO3S/c1-19-12-6-4-11-5-7-15(16(17)14(11)9-12)21(18)10-13-3-2-8-20-13/h4,6,9,13,15-16H,2-3,5,7-8,10,17H2,1H3. The van der Waals surface area contributed by atoms with Crippen molar-refractivity contribution in [2.75, 3.05) is 19.5 Å².